The van der Waals surface area contributed by atoms with Gasteiger partial charge in [0.25, 0.3) is 0 Å². The lowest BCUT2D eigenvalue weighted by Crippen LogP contribution is -2.09. The zero-order valence-corrected chi connectivity index (χ0v) is 12.5. The molecule has 0 radical (unpaired) electrons. The number of thiophene rings is 1. The fourth-order valence-electron chi connectivity index (χ4n) is 1.89. The molecule has 0 atom stereocenters. The predicted molar refractivity (Wildman–Crippen MR) is 80.1 cm³/mol. The number of hydrogen-bond acceptors (Lipinski definition) is 4. The number of hydrogen-bond donors (Lipinski definition) is 0. The van der Waals surface area contributed by atoms with Crippen LogP contribution in [0.1, 0.15) is 22.4 Å². The molecule has 0 fully saturated rings. The van der Waals surface area contributed by atoms with Gasteiger partial charge in [-0.25, -0.2) is 0 Å². The topological polar surface area (TPSA) is 35.5 Å². The smallest absolute Gasteiger partial charge is 0.309 e. The molecule has 0 aliphatic rings. The summed E-state index contributed by atoms with van der Waals surface area (Å²) in [4.78, 5) is 12.6. The van der Waals surface area contributed by atoms with E-state index in [-0.39, 0.29) is 12.4 Å². The second kappa shape index (κ2) is 7.10. The van der Waals surface area contributed by atoms with Crippen molar-refractivity contribution in [2.45, 2.75) is 26.9 Å². The lowest BCUT2D eigenvalue weighted by molar-refractivity contribution is -0.145. The molecule has 20 heavy (non-hydrogen) atoms. The number of carbonyl (C=O) groups excluding carboxylic acids is 1. The highest BCUT2D eigenvalue weighted by Crippen LogP contribution is 2.16. The zero-order valence-electron chi connectivity index (χ0n) is 11.7. The van der Waals surface area contributed by atoms with Gasteiger partial charge in [-0.2, -0.15) is 0 Å². The molecule has 1 aromatic heterocycles. The van der Waals surface area contributed by atoms with Crippen molar-refractivity contribution in [1.29, 1.82) is 0 Å². The van der Waals surface area contributed by atoms with E-state index in [4.69, 9.17) is 9.47 Å². The summed E-state index contributed by atoms with van der Waals surface area (Å²) in [6.07, 6.45) is 0.262. The molecule has 1 heterocycles. The van der Waals surface area contributed by atoms with Crippen LogP contribution in [0.15, 0.2) is 35.7 Å². The van der Waals surface area contributed by atoms with Gasteiger partial charge in [0.15, 0.2) is 0 Å². The summed E-state index contributed by atoms with van der Waals surface area (Å²) >= 11 is 1.58. The summed E-state index contributed by atoms with van der Waals surface area (Å²) in [6, 6.07) is 9.90. The molecule has 0 unspecified atom stereocenters. The average molecular weight is 290 g/mol. The zero-order chi connectivity index (χ0) is 14.4. The summed E-state index contributed by atoms with van der Waals surface area (Å²) in [5.74, 6) is 0.566. The van der Waals surface area contributed by atoms with Gasteiger partial charge in [0, 0.05) is 4.88 Å². The molecule has 4 heteroatoms. The van der Waals surface area contributed by atoms with Crippen LogP contribution in [0.2, 0.25) is 0 Å². The maximum Gasteiger partial charge on any atom is 0.309 e. The van der Waals surface area contributed by atoms with Gasteiger partial charge < -0.3 is 9.47 Å². The van der Waals surface area contributed by atoms with Crippen LogP contribution < -0.4 is 4.74 Å². The van der Waals surface area contributed by atoms with Crippen LogP contribution in [0, 0.1) is 13.8 Å². The fourth-order valence-corrected chi connectivity index (χ4v) is 2.50. The van der Waals surface area contributed by atoms with Gasteiger partial charge in [0.2, 0.25) is 0 Å². The Bertz CT molecular complexity index is 541. The second-order valence-corrected chi connectivity index (χ2v) is 5.69. The van der Waals surface area contributed by atoms with Crippen molar-refractivity contribution in [2.75, 3.05) is 6.61 Å². The lowest BCUT2D eigenvalue weighted by Gasteiger charge is -2.08. The Morgan fingerprint density at radius 2 is 1.95 bits per heavy atom. The third-order valence-corrected chi connectivity index (χ3v) is 3.58. The minimum absolute atomic E-state index is 0.234. The van der Waals surface area contributed by atoms with E-state index in [1.54, 1.807) is 11.3 Å². The number of carbonyl (C=O) groups is 1. The first-order valence-corrected chi connectivity index (χ1v) is 7.40. The highest BCUT2D eigenvalue weighted by molar-refractivity contribution is 7.09. The van der Waals surface area contributed by atoms with Crippen molar-refractivity contribution < 1.29 is 14.3 Å². The Morgan fingerprint density at radius 3 is 2.60 bits per heavy atom. The molecule has 0 saturated carbocycles. The number of aryl methyl sites for hydroxylation is 2. The van der Waals surface area contributed by atoms with Crippen molar-refractivity contribution in [3.8, 4) is 5.75 Å². The summed E-state index contributed by atoms with van der Waals surface area (Å²) < 4.78 is 10.7. The molecule has 0 aliphatic carbocycles. The largest absolute Gasteiger partial charge is 0.493 e. The Balaban J connectivity index is 1.71. The molecule has 106 valence electrons. The van der Waals surface area contributed by atoms with Crippen LogP contribution in [0.4, 0.5) is 0 Å². The quantitative estimate of drug-likeness (QED) is 0.757. The number of ether oxygens (including phenoxy) is 2. The maximum absolute atomic E-state index is 11.6. The van der Waals surface area contributed by atoms with Crippen molar-refractivity contribution >= 4 is 17.3 Å². The first kappa shape index (κ1) is 14.6. The molecule has 0 spiro atoms. The molecule has 0 bridgehead atoms. The molecule has 2 aromatic rings. The number of benzene rings is 1. The van der Waals surface area contributed by atoms with E-state index in [0.717, 1.165) is 21.8 Å². The molecular weight excluding hydrogens is 272 g/mol. The van der Waals surface area contributed by atoms with E-state index in [1.807, 2.05) is 43.5 Å². The molecule has 0 aliphatic heterocycles. The molecule has 2 rings (SSSR count). The van der Waals surface area contributed by atoms with Crippen LogP contribution in [0.5, 0.6) is 5.75 Å². The van der Waals surface area contributed by atoms with Crippen molar-refractivity contribution in [2.24, 2.45) is 0 Å². The lowest BCUT2D eigenvalue weighted by atomic mass is 10.1. The molecule has 0 N–H and O–H groups in total. The first-order chi connectivity index (χ1) is 9.63. The highest BCUT2D eigenvalue weighted by atomic mass is 32.1. The normalized spacial score (nSPS) is 10.3. The standard InChI is InChI=1S/C16H18O3S/c1-12-8-13(2)10-14(9-12)18-6-5-16(17)19-11-15-4-3-7-20-15/h3-4,7-10H,5-6,11H2,1-2H3. The van der Waals surface area contributed by atoms with E-state index in [0.29, 0.717) is 13.2 Å². The third-order valence-electron chi connectivity index (χ3n) is 2.73. The Hall–Kier alpha value is -1.81. The van der Waals surface area contributed by atoms with Gasteiger partial charge in [-0.3, -0.25) is 4.79 Å². The van der Waals surface area contributed by atoms with E-state index >= 15 is 0 Å². The molecule has 0 amide bonds. The fraction of sp³-hybridized carbons (Fsp3) is 0.312. The van der Waals surface area contributed by atoms with Crippen LogP contribution in [0.25, 0.3) is 0 Å². The summed E-state index contributed by atoms with van der Waals surface area (Å²) in [5, 5.41) is 1.96. The first-order valence-electron chi connectivity index (χ1n) is 6.52. The van der Waals surface area contributed by atoms with Crippen LogP contribution >= 0.6 is 11.3 Å². The van der Waals surface area contributed by atoms with E-state index < -0.39 is 0 Å². The van der Waals surface area contributed by atoms with Crippen LogP contribution in [0.3, 0.4) is 0 Å². The maximum atomic E-state index is 11.6. The predicted octanol–water partition coefficient (Wildman–Crippen LogP) is 3.88. The Kier molecular flexibility index (Phi) is 5.18. The molecule has 1 aromatic carbocycles. The van der Waals surface area contributed by atoms with Gasteiger partial charge in [0.1, 0.15) is 12.4 Å². The van der Waals surface area contributed by atoms with Gasteiger partial charge in [-0.15, -0.1) is 11.3 Å². The van der Waals surface area contributed by atoms with E-state index in [1.165, 1.54) is 0 Å². The average Bonchev–Trinajstić information content (AvgIpc) is 2.88. The van der Waals surface area contributed by atoms with E-state index in [9.17, 15) is 4.79 Å². The third kappa shape index (κ3) is 4.70. The van der Waals surface area contributed by atoms with Gasteiger partial charge in [-0.1, -0.05) is 12.1 Å². The minimum Gasteiger partial charge on any atom is -0.493 e. The number of rotatable bonds is 6. The summed E-state index contributed by atoms with van der Waals surface area (Å²) in [6.45, 7) is 4.73. The van der Waals surface area contributed by atoms with Gasteiger partial charge in [-0.05, 0) is 48.6 Å². The SMILES string of the molecule is Cc1cc(C)cc(OCCC(=O)OCc2cccs2)c1. The minimum atomic E-state index is -0.234. The number of esters is 1. The molecular formula is C16H18O3S. The Labute approximate surface area is 123 Å². The summed E-state index contributed by atoms with van der Waals surface area (Å²) in [5.41, 5.74) is 2.31. The second-order valence-electron chi connectivity index (χ2n) is 4.66. The van der Waals surface area contributed by atoms with Gasteiger partial charge in [0.05, 0.1) is 13.0 Å². The van der Waals surface area contributed by atoms with Crippen molar-refractivity contribution in [1.82, 2.24) is 0 Å². The summed E-state index contributed by atoms with van der Waals surface area (Å²) in [7, 11) is 0. The van der Waals surface area contributed by atoms with Crippen molar-refractivity contribution in [3.63, 3.8) is 0 Å². The Morgan fingerprint density at radius 1 is 1.20 bits per heavy atom. The van der Waals surface area contributed by atoms with E-state index in [2.05, 4.69) is 6.07 Å². The highest BCUT2D eigenvalue weighted by Gasteiger charge is 2.05. The molecule has 3 nitrogen and oxygen atoms in total. The van der Waals surface area contributed by atoms with Crippen molar-refractivity contribution in [3.05, 3.63) is 51.7 Å². The van der Waals surface area contributed by atoms with Crippen LogP contribution in [-0.4, -0.2) is 12.6 Å². The van der Waals surface area contributed by atoms with Crippen LogP contribution in [-0.2, 0) is 16.1 Å². The van der Waals surface area contributed by atoms with Gasteiger partial charge >= 0.3 is 5.97 Å². The monoisotopic (exact) mass is 290 g/mol. The molecule has 0 saturated heterocycles.